The SMILES string of the molecule is CC(C)Cn1ccn2ncc(CN)c12. The van der Waals surface area contributed by atoms with Crippen LogP contribution in [-0.4, -0.2) is 14.2 Å². The number of fused-ring (bicyclic) bond motifs is 1. The average Bonchev–Trinajstić information content (AvgIpc) is 2.67. The monoisotopic (exact) mass is 192 g/mol. The highest BCUT2D eigenvalue weighted by Gasteiger charge is 2.08. The summed E-state index contributed by atoms with van der Waals surface area (Å²) in [5.41, 5.74) is 7.89. The highest BCUT2D eigenvalue weighted by Crippen LogP contribution is 2.12. The minimum absolute atomic E-state index is 0.547. The van der Waals surface area contributed by atoms with Gasteiger partial charge in [0.2, 0.25) is 0 Å². The maximum atomic E-state index is 5.65. The molecule has 0 bridgehead atoms. The van der Waals surface area contributed by atoms with Gasteiger partial charge in [0.25, 0.3) is 0 Å². The average molecular weight is 192 g/mol. The molecule has 0 saturated heterocycles. The molecule has 0 amide bonds. The van der Waals surface area contributed by atoms with Crippen LogP contribution in [0.25, 0.3) is 5.65 Å². The third kappa shape index (κ3) is 1.42. The molecule has 0 atom stereocenters. The van der Waals surface area contributed by atoms with Crippen molar-refractivity contribution in [2.45, 2.75) is 26.9 Å². The van der Waals surface area contributed by atoms with Crippen molar-refractivity contribution in [3.8, 4) is 0 Å². The molecule has 2 N–H and O–H groups in total. The van der Waals surface area contributed by atoms with Gasteiger partial charge in [0, 0.05) is 31.0 Å². The molecule has 0 radical (unpaired) electrons. The Morgan fingerprint density at radius 3 is 2.86 bits per heavy atom. The zero-order valence-corrected chi connectivity index (χ0v) is 8.64. The van der Waals surface area contributed by atoms with E-state index in [-0.39, 0.29) is 0 Å². The van der Waals surface area contributed by atoms with Crippen LogP contribution in [0.2, 0.25) is 0 Å². The van der Waals surface area contributed by atoms with Crippen molar-refractivity contribution in [2.75, 3.05) is 0 Å². The standard InChI is InChI=1S/C10H16N4/c1-8(2)7-13-3-4-14-10(13)9(5-11)6-12-14/h3-4,6,8H,5,7,11H2,1-2H3. The summed E-state index contributed by atoms with van der Waals surface area (Å²) in [5.74, 6) is 0.631. The summed E-state index contributed by atoms with van der Waals surface area (Å²) in [6.07, 6.45) is 5.87. The van der Waals surface area contributed by atoms with Crippen LogP contribution in [0.3, 0.4) is 0 Å². The number of aromatic nitrogens is 3. The molecule has 0 unspecified atom stereocenters. The van der Waals surface area contributed by atoms with E-state index in [1.54, 1.807) is 0 Å². The zero-order valence-electron chi connectivity index (χ0n) is 8.64. The number of rotatable bonds is 3. The van der Waals surface area contributed by atoms with E-state index in [4.69, 9.17) is 5.73 Å². The Labute approximate surface area is 83.3 Å². The highest BCUT2D eigenvalue weighted by molar-refractivity contribution is 5.47. The van der Waals surface area contributed by atoms with Gasteiger partial charge in [-0.3, -0.25) is 0 Å². The fraction of sp³-hybridized carbons (Fsp3) is 0.500. The molecule has 0 aliphatic heterocycles. The summed E-state index contributed by atoms with van der Waals surface area (Å²) < 4.78 is 4.09. The first-order valence-electron chi connectivity index (χ1n) is 4.93. The molecule has 0 aliphatic rings. The summed E-state index contributed by atoms with van der Waals surface area (Å²) >= 11 is 0. The number of hydrogen-bond acceptors (Lipinski definition) is 2. The second-order valence-corrected chi connectivity index (χ2v) is 3.99. The molecular weight excluding hydrogens is 176 g/mol. The van der Waals surface area contributed by atoms with E-state index in [1.165, 1.54) is 0 Å². The van der Waals surface area contributed by atoms with Gasteiger partial charge >= 0.3 is 0 Å². The van der Waals surface area contributed by atoms with E-state index in [9.17, 15) is 0 Å². The number of nitrogens with two attached hydrogens (primary N) is 1. The van der Waals surface area contributed by atoms with E-state index in [0.717, 1.165) is 17.8 Å². The van der Waals surface area contributed by atoms with E-state index in [2.05, 4.69) is 29.7 Å². The first-order valence-corrected chi connectivity index (χ1v) is 4.93. The molecule has 0 saturated carbocycles. The largest absolute Gasteiger partial charge is 0.331 e. The molecule has 0 spiro atoms. The molecule has 0 aromatic carbocycles. The third-order valence-electron chi connectivity index (χ3n) is 2.28. The maximum absolute atomic E-state index is 5.65. The van der Waals surface area contributed by atoms with Gasteiger partial charge in [0.05, 0.1) is 6.20 Å². The molecule has 2 aromatic rings. The molecular formula is C10H16N4. The summed E-state index contributed by atoms with van der Waals surface area (Å²) in [5, 5.41) is 4.23. The molecule has 76 valence electrons. The third-order valence-corrected chi connectivity index (χ3v) is 2.28. The van der Waals surface area contributed by atoms with Gasteiger partial charge in [-0.15, -0.1) is 0 Å². The predicted octanol–water partition coefficient (Wildman–Crippen LogP) is 1.25. The Kier molecular flexibility index (Phi) is 2.29. The summed E-state index contributed by atoms with van der Waals surface area (Å²) in [4.78, 5) is 0. The van der Waals surface area contributed by atoms with E-state index >= 15 is 0 Å². The van der Waals surface area contributed by atoms with Gasteiger partial charge in [-0.05, 0) is 5.92 Å². The van der Waals surface area contributed by atoms with Gasteiger partial charge < -0.3 is 10.3 Å². The Morgan fingerprint density at radius 2 is 2.21 bits per heavy atom. The van der Waals surface area contributed by atoms with Crippen molar-refractivity contribution in [2.24, 2.45) is 11.7 Å². The highest BCUT2D eigenvalue weighted by atomic mass is 15.3. The fourth-order valence-corrected chi connectivity index (χ4v) is 1.72. The van der Waals surface area contributed by atoms with Crippen LogP contribution in [0.4, 0.5) is 0 Å². The zero-order chi connectivity index (χ0) is 10.1. The lowest BCUT2D eigenvalue weighted by Crippen LogP contribution is -2.05. The van der Waals surface area contributed by atoms with Crippen molar-refractivity contribution >= 4 is 5.65 Å². The van der Waals surface area contributed by atoms with Crippen LogP contribution in [-0.2, 0) is 13.1 Å². The molecule has 0 fully saturated rings. The van der Waals surface area contributed by atoms with E-state index in [0.29, 0.717) is 12.5 Å². The van der Waals surface area contributed by atoms with Crippen LogP contribution in [0.5, 0.6) is 0 Å². The molecule has 4 heteroatoms. The maximum Gasteiger partial charge on any atom is 0.140 e. The Bertz CT molecular complexity index is 424. The van der Waals surface area contributed by atoms with Gasteiger partial charge in [-0.25, -0.2) is 4.52 Å². The minimum Gasteiger partial charge on any atom is -0.331 e. The lowest BCUT2D eigenvalue weighted by molar-refractivity contribution is 0.533. The molecule has 0 aliphatic carbocycles. The number of hydrogen-bond donors (Lipinski definition) is 1. The topological polar surface area (TPSA) is 48.2 Å². The van der Waals surface area contributed by atoms with Crippen molar-refractivity contribution in [3.63, 3.8) is 0 Å². The molecule has 2 rings (SSSR count). The lowest BCUT2D eigenvalue weighted by Gasteiger charge is -2.07. The van der Waals surface area contributed by atoms with Crippen LogP contribution in [0, 0.1) is 5.92 Å². The Balaban J connectivity index is 2.48. The van der Waals surface area contributed by atoms with Crippen molar-refractivity contribution < 1.29 is 0 Å². The Hall–Kier alpha value is -1.29. The fourth-order valence-electron chi connectivity index (χ4n) is 1.72. The first-order chi connectivity index (χ1) is 6.72. The normalized spacial score (nSPS) is 11.7. The predicted molar refractivity (Wildman–Crippen MR) is 55.9 cm³/mol. The van der Waals surface area contributed by atoms with Crippen LogP contribution < -0.4 is 5.73 Å². The van der Waals surface area contributed by atoms with Crippen molar-refractivity contribution in [1.82, 2.24) is 14.2 Å². The molecule has 2 heterocycles. The summed E-state index contributed by atoms with van der Waals surface area (Å²) in [6, 6.07) is 0. The minimum atomic E-state index is 0.547. The Morgan fingerprint density at radius 1 is 1.43 bits per heavy atom. The van der Waals surface area contributed by atoms with Crippen LogP contribution in [0.1, 0.15) is 19.4 Å². The van der Waals surface area contributed by atoms with Gasteiger partial charge in [0.15, 0.2) is 0 Å². The molecule has 14 heavy (non-hydrogen) atoms. The van der Waals surface area contributed by atoms with Crippen molar-refractivity contribution in [1.29, 1.82) is 0 Å². The second-order valence-electron chi connectivity index (χ2n) is 3.99. The van der Waals surface area contributed by atoms with E-state index < -0.39 is 0 Å². The number of nitrogens with zero attached hydrogens (tertiary/aromatic N) is 3. The first kappa shape index (κ1) is 9.27. The second kappa shape index (κ2) is 3.46. The van der Waals surface area contributed by atoms with Crippen LogP contribution >= 0.6 is 0 Å². The lowest BCUT2D eigenvalue weighted by atomic mass is 10.2. The van der Waals surface area contributed by atoms with E-state index in [1.807, 2.05) is 16.9 Å². The number of imidazole rings is 1. The quantitative estimate of drug-likeness (QED) is 0.795. The molecule has 2 aromatic heterocycles. The van der Waals surface area contributed by atoms with Crippen LogP contribution in [0.15, 0.2) is 18.6 Å². The smallest absolute Gasteiger partial charge is 0.140 e. The summed E-state index contributed by atoms with van der Waals surface area (Å²) in [6.45, 7) is 5.96. The van der Waals surface area contributed by atoms with Crippen molar-refractivity contribution in [3.05, 3.63) is 24.2 Å². The van der Waals surface area contributed by atoms with Gasteiger partial charge in [-0.1, -0.05) is 13.8 Å². The molecule has 4 nitrogen and oxygen atoms in total. The van der Waals surface area contributed by atoms with Gasteiger partial charge in [-0.2, -0.15) is 5.10 Å². The summed E-state index contributed by atoms with van der Waals surface area (Å²) in [7, 11) is 0. The van der Waals surface area contributed by atoms with Gasteiger partial charge in [0.1, 0.15) is 5.65 Å².